The normalized spacial score (nSPS) is 15.4. The van der Waals surface area contributed by atoms with Crippen molar-refractivity contribution in [3.8, 4) is 0 Å². The van der Waals surface area contributed by atoms with Crippen LogP contribution < -0.4 is 5.32 Å². The standard InChI is InChI=1S/C27H31N3O/c31-27(28-26-15-8-7-14-25(26)20-23-10-3-1-4-11-23)22-30-17-9-16-29(18-19-30)21-24-12-5-2-6-13-24/h1-8,10-15H,9,16-22H2,(H,28,31). The first kappa shape index (κ1) is 21.3. The topological polar surface area (TPSA) is 35.6 Å². The number of hydrogen-bond acceptors (Lipinski definition) is 3. The van der Waals surface area contributed by atoms with Crippen molar-refractivity contribution in [2.24, 2.45) is 0 Å². The Morgan fingerprint density at radius 3 is 2.10 bits per heavy atom. The lowest BCUT2D eigenvalue weighted by atomic mass is 10.0. The zero-order valence-electron chi connectivity index (χ0n) is 18.0. The van der Waals surface area contributed by atoms with Crippen LogP contribution in [0.2, 0.25) is 0 Å². The quantitative estimate of drug-likeness (QED) is 0.623. The molecule has 0 aliphatic carbocycles. The van der Waals surface area contributed by atoms with Crippen molar-refractivity contribution < 1.29 is 4.79 Å². The molecule has 0 radical (unpaired) electrons. The number of anilines is 1. The number of nitrogens with one attached hydrogen (secondary N) is 1. The molecule has 3 aromatic carbocycles. The summed E-state index contributed by atoms with van der Waals surface area (Å²) >= 11 is 0. The smallest absolute Gasteiger partial charge is 0.238 e. The summed E-state index contributed by atoms with van der Waals surface area (Å²) in [5.74, 6) is 0.0667. The first-order valence-electron chi connectivity index (χ1n) is 11.2. The van der Waals surface area contributed by atoms with Gasteiger partial charge in [-0.15, -0.1) is 0 Å². The molecular formula is C27H31N3O. The molecule has 0 bridgehead atoms. The highest BCUT2D eigenvalue weighted by molar-refractivity contribution is 5.93. The van der Waals surface area contributed by atoms with E-state index in [-0.39, 0.29) is 5.91 Å². The Bertz CT molecular complexity index is 958. The van der Waals surface area contributed by atoms with Gasteiger partial charge in [0.25, 0.3) is 0 Å². The summed E-state index contributed by atoms with van der Waals surface area (Å²) in [5, 5.41) is 3.16. The molecule has 1 fully saturated rings. The number of carbonyl (C=O) groups excluding carboxylic acids is 1. The van der Waals surface area contributed by atoms with Gasteiger partial charge in [-0.1, -0.05) is 78.9 Å². The summed E-state index contributed by atoms with van der Waals surface area (Å²) in [5.41, 5.74) is 4.66. The first-order valence-corrected chi connectivity index (χ1v) is 11.2. The maximum absolute atomic E-state index is 12.8. The molecule has 1 aliphatic heterocycles. The first-order chi connectivity index (χ1) is 15.3. The average Bonchev–Trinajstić information content (AvgIpc) is 3.01. The lowest BCUT2D eigenvalue weighted by Gasteiger charge is -2.22. The summed E-state index contributed by atoms with van der Waals surface area (Å²) in [6, 6.07) is 29.1. The van der Waals surface area contributed by atoms with Gasteiger partial charge in [0.05, 0.1) is 6.54 Å². The molecule has 4 nitrogen and oxygen atoms in total. The van der Waals surface area contributed by atoms with Gasteiger partial charge in [-0.3, -0.25) is 14.6 Å². The Morgan fingerprint density at radius 2 is 1.32 bits per heavy atom. The number of carbonyl (C=O) groups is 1. The number of nitrogens with zero attached hydrogens (tertiary/aromatic N) is 2. The Hall–Kier alpha value is -2.95. The molecule has 1 heterocycles. The van der Waals surface area contributed by atoms with Gasteiger partial charge in [-0.2, -0.15) is 0 Å². The van der Waals surface area contributed by atoms with Crippen LogP contribution in [0.3, 0.4) is 0 Å². The third-order valence-corrected chi connectivity index (χ3v) is 5.83. The molecule has 0 saturated carbocycles. The van der Waals surface area contributed by atoms with Crippen LogP contribution in [0.1, 0.15) is 23.1 Å². The monoisotopic (exact) mass is 413 g/mol. The van der Waals surface area contributed by atoms with Gasteiger partial charge in [0, 0.05) is 25.3 Å². The largest absolute Gasteiger partial charge is 0.325 e. The Labute approximate surface area is 185 Å². The number of benzene rings is 3. The SMILES string of the molecule is O=C(CN1CCCN(Cc2ccccc2)CC1)Nc1ccccc1Cc1ccccc1. The molecule has 1 amide bonds. The number of amides is 1. The van der Waals surface area contributed by atoms with E-state index in [9.17, 15) is 4.79 Å². The van der Waals surface area contributed by atoms with E-state index in [2.05, 4.69) is 75.8 Å². The molecular weight excluding hydrogens is 382 g/mol. The maximum Gasteiger partial charge on any atom is 0.238 e. The van der Waals surface area contributed by atoms with E-state index < -0.39 is 0 Å². The van der Waals surface area contributed by atoms with Gasteiger partial charge in [-0.25, -0.2) is 0 Å². The molecule has 31 heavy (non-hydrogen) atoms. The van der Waals surface area contributed by atoms with Crippen LogP contribution >= 0.6 is 0 Å². The van der Waals surface area contributed by atoms with Gasteiger partial charge in [0.1, 0.15) is 0 Å². The highest BCUT2D eigenvalue weighted by Crippen LogP contribution is 2.19. The van der Waals surface area contributed by atoms with E-state index in [4.69, 9.17) is 0 Å². The highest BCUT2D eigenvalue weighted by atomic mass is 16.2. The van der Waals surface area contributed by atoms with E-state index in [1.807, 2.05) is 24.3 Å². The molecule has 3 aromatic rings. The lowest BCUT2D eigenvalue weighted by molar-refractivity contribution is -0.117. The lowest BCUT2D eigenvalue weighted by Crippen LogP contribution is -2.36. The van der Waals surface area contributed by atoms with Gasteiger partial charge in [0.15, 0.2) is 0 Å². The molecule has 4 heteroatoms. The second kappa shape index (κ2) is 10.9. The van der Waals surface area contributed by atoms with Crippen LogP contribution in [0.25, 0.3) is 0 Å². The molecule has 1 aliphatic rings. The molecule has 4 rings (SSSR count). The van der Waals surface area contributed by atoms with Crippen molar-refractivity contribution in [3.63, 3.8) is 0 Å². The van der Waals surface area contributed by atoms with Crippen LogP contribution in [0.15, 0.2) is 84.9 Å². The van der Waals surface area contributed by atoms with Gasteiger partial charge in [0.2, 0.25) is 5.91 Å². The number of para-hydroxylation sites is 1. The fourth-order valence-corrected chi connectivity index (χ4v) is 4.19. The highest BCUT2D eigenvalue weighted by Gasteiger charge is 2.18. The zero-order chi connectivity index (χ0) is 21.3. The Kier molecular flexibility index (Phi) is 7.48. The fraction of sp³-hybridized carbons (Fsp3) is 0.296. The van der Waals surface area contributed by atoms with Gasteiger partial charge >= 0.3 is 0 Å². The minimum atomic E-state index is 0.0667. The zero-order valence-corrected chi connectivity index (χ0v) is 18.0. The van der Waals surface area contributed by atoms with Crippen molar-refractivity contribution in [2.45, 2.75) is 19.4 Å². The molecule has 0 unspecified atom stereocenters. The molecule has 0 atom stereocenters. The summed E-state index contributed by atoms with van der Waals surface area (Å²) in [6.45, 7) is 5.38. The van der Waals surface area contributed by atoms with Gasteiger partial charge in [-0.05, 0) is 48.7 Å². The Balaban J connectivity index is 1.30. The third-order valence-electron chi connectivity index (χ3n) is 5.83. The van der Waals surface area contributed by atoms with E-state index in [0.717, 1.165) is 56.8 Å². The van der Waals surface area contributed by atoms with Crippen molar-refractivity contribution in [1.82, 2.24) is 9.80 Å². The maximum atomic E-state index is 12.8. The van der Waals surface area contributed by atoms with E-state index >= 15 is 0 Å². The predicted octanol–water partition coefficient (Wildman–Crippen LogP) is 4.42. The van der Waals surface area contributed by atoms with Crippen molar-refractivity contribution in [3.05, 3.63) is 102 Å². The van der Waals surface area contributed by atoms with Crippen molar-refractivity contribution >= 4 is 11.6 Å². The molecule has 1 N–H and O–H groups in total. The van der Waals surface area contributed by atoms with Crippen LogP contribution in [0.4, 0.5) is 5.69 Å². The second-order valence-electron chi connectivity index (χ2n) is 8.26. The number of rotatable bonds is 7. The molecule has 0 aromatic heterocycles. The van der Waals surface area contributed by atoms with E-state index in [0.29, 0.717) is 6.54 Å². The summed E-state index contributed by atoms with van der Waals surface area (Å²) in [6.07, 6.45) is 1.90. The second-order valence-corrected chi connectivity index (χ2v) is 8.26. The Morgan fingerprint density at radius 1 is 0.710 bits per heavy atom. The molecule has 160 valence electrons. The minimum Gasteiger partial charge on any atom is -0.325 e. The number of hydrogen-bond donors (Lipinski definition) is 1. The van der Waals surface area contributed by atoms with Crippen LogP contribution in [-0.2, 0) is 17.8 Å². The average molecular weight is 414 g/mol. The van der Waals surface area contributed by atoms with E-state index in [1.54, 1.807) is 0 Å². The van der Waals surface area contributed by atoms with Gasteiger partial charge < -0.3 is 5.32 Å². The molecule has 1 saturated heterocycles. The van der Waals surface area contributed by atoms with Crippen molar-refractivity contribution in [1.29, 1.82) is 0 Å². The van der Waals surface area contributed by atoms with Crippen LogP contribution in [0.5, 0.6) is 0 Å². The van der Waals surface area contributed by atoms with Crippen molar-refractivity contribution in [2.75, 3.05) is 38.0 Å². The molecule has 0 spiro atoms. The minimum absolute atomic E-state index is 0.0667. The van der Waals surface area contributed by atoms with Crippen LogP contribution in [-0.4, -0.2) is 48.4 Å². The van der Waals surface area contributed by atoms with E-state index in [1.165, 1.54) is 11.1 Å². The van der Waals surface area contributed by atoms with Crippen LogP contribution in [0, 0.1) is 0 Å². The fourth-order valence-electron chi connectivity index (χ4n) is 4.19. The summed E-state index contributed by atoms with van der Waals surface area (Å²) in [7, 11) is 0. The summed E-state index contributed by atoms with van der Waals surface area (Å²) < 4.78 is 0. The third kappa shape index (κ3) is 6.51. The predicted molar refractivity (Wildman–Crippen MR) is 127 cm³/mol. The summed E-state index contributed by atoms with van der Waals surface area (Å²) in [4.78, 5) is 17.6.